The molecule has 0 radical (unpaired) electrons. The van der Waals surface area contributed by atoms with Crippen LogP contribution in [0.5, 0.6) is 0 Å². The second-order valence-electron chi connectivity index (χ2n) is 7.38. The van der Waals surface area contributed by atoms with E-state index in [0.29, 0.717) is 6.42 Å². The summed E-state index contributed by atoms with van der Waals surface area (Å²) < 4.78 is 21.6. The highest BCUT2D eigenvalue weighted by Gasteiger charge is 2.44. The maximum absolute atomic E-state index is 11.7. The molecule has 1 heterocycles. The minimum atomic E-state index is -1.28. The standard InChI is InChI=1S/C19H30O7/c1-6-23-15(21)9-11-19(25-14-18(5,13-20)26-19)10-7-8-12-24-16(22)17(2,3)4/h7,9-11,20H,6,8,12-14H2,1-5H3/b10-7+,11-9+/t18-,19-/m0/s1. The van der Waals surface area contributed by atoms with Gasteiger partial charge in [0.15, 0.2) is 0 Å². The first-order valence-corrected chi connectivity index (χ1v) is 8.72. The van der Waals surface area contributed by atoms with Crippen molar-refractivity contribution in [2.24, 2.45) is 5.41 Å². The Bertz CT molecular complexity index is 547. The second-order valence-corrected chi connectivity index (χ2v) is 7.38. The van der Waals surface area contributed by atoms with Gasteiger partial charge in [-0.05, 0) is 53.2 Å². The van der Waals surface area contributed by atoms with E-state index in [0.717, 1.165) is 0 Å². The number of carbonyl (C=O) groups is 2. The minimum Gasteiger partial charge on any atom is -0.465 e. The Labute approximate surface area is 154 Å². The smallest absolute Gasteiger partial charge is 0.330 e. The van der Waals surface area contributed by atoms with Crippen LogP contribution in [-0.4, -0.2) is 54.9 Å². The summed E-state index contributed by atoms with van der Waals surface area (Å²) in [6, 6.07) is 0. The molecule has 1 aliphatic heterocycles. The summed E-state index contributed by atoms with van der Waals surface area (Å²) in [5.41, 5.74) is -1.42. The van der Waals surface area contributed by atoms with Crippen LogP contribution in [0.3, 0.4) is 0 Å². The molecule has 0 bridgehead atoms. The van der Waals surface area contributed by atoms with E-state index in [1.807, 2.05) is 0 Å². The number of hydrogen-bond acceptors (Lipinski definition) is 7. The van der Waals surface area contributed by atoms with Crippen LogP contribution >= 0.6 is 0 Å². The summed E-state index contributed by atoms with van der Waals surface area (Å²) in [5, 5.41) is 9.46. The number of rotatable bonds is 8. The first kappa shape index (κ1) is 22.3. The van der Waals surface area contributed by atoms with Crippen LogP contribution in [0.4, 0.5) is 0 Å². The lowest BCUT2D eigenvalue weighted by atomic mass is 9.97. The van der Waals surface area contributed by atoms with Crippen molar-refractivity contribution in [3.05, 3.63) is 24.3 Å². The number of ether oxygens (including phenoxy) is 4. The van der Waals surface area contributed by atoms with Crippen molar-refractivity contribution >= 4 is 11.9 Å². The molecule has 1 rings (SSSR count). The van der Waals surface area contributed by atoms with Crippen LogP contribution in [0.15, 0.2) is 24.3 Å². The van der Waals surface area contributed by atoms with Crippen LogP contribution in [0.1, 0.15) is 41.0 Å². The van der Waals surface area contributed by atoms with E-state index in [4.69, 9.17) is 18.9 Å². The number of aliphatic hydroxyl groups excluding tert-OH is 1. The lowest BCUT2D eigenvalue weighted by Crippen LogP contribution is -2.35. The number of aliphatic hydroxyl groups is 1. The predicted molar refractivity (Wildman–Crippen MR) is 95.2 cm³/mol. The quantitative estimate of drug-likeness (QED) is 0.303. The molecule has 1 fully saturated rings. The molecule has 148 valence electrons. The Morgan fingerprint density at radius 2 is 1.92 bits per heavy atom. The lowest BCUT2D eigenvalue weighted by molar-refractivity contribution is -0.152. The molecule has 0 aromatic heterocycles. The van der Waals surface area contributed by atoms with Gasteiger partial charge in [0, 0.05) is 6.08 Å². The van der Waals surface area contributed by atoms with Gasteiger partial charge in [-0.2, -0.15) is 0 Å². The molecular formula is C19H30O7. The van der Waals surface area contributed by atoms with Gasteiger partial charge in [0.1, 0.15) is 5.60 Å². The summed E-state index contributed by atoms with van der Waals surface area (Å²) >= 11 is 0. The molecule has 7 heteroatoms. The zero-order chi connectivity index (χ0) is 19.8. The highest BCUT2D eigenvalue weighted by atomic mass is 16.8. The monoisotopic (exact) mass is 370 g/mol. The molecular weight excluding hydrogens is 340 g/mol. The van der Waals surface area contributed by atoms with E-state index in [1.54, 1.807) is 46.8 Å². The molecule has 0 aliphatic carbocycles. The van der Waals surface area contributed by atoms with E-state index >= 15 is 0 Å². The Morgan fingerprint density at radius 1 is 1.23 bits per heavy atom. The van der Waals surface area contributed by atoms with Crippen LogP contribution in [0.25, 0.3) is 0 Å². The van der Waals surface area contributed by atoms with Gasteiger partial charge >= 0.3 is 11.9 Å². The number of hydrogen-bond donors (Lipinski definition) is 1. The third-order valence-corrected chi connectivity index (χ3v) is 3.56. The normalized spacial score (nSPS) is 26.5. The van der Waals surface area contributed by atoms with Crippen LogP contribution in [0.2, 0.25) is 0 Å². The third-order valence-electron chi connectivity index (χ3n) is 3.56. The van der Waals surface area contributed by atoms with Crippen LogP contribution < -0.4 is 0 Å². The fourth-order valence-electron chi connectivity index (χ4n) is 2.07. The molecule has 0 aromatic carbocycles. The molecule has 1 aliphatic rings. The van der Waals surface area contributed by atoms with E-state index in [9.17, 15) is 14.7 Å². The minimum absolute atomic E-state index is 0.167. The fraction of sp³-hybridized carbons (Fsp3) is 0.684. The van der Waals surface area contributed by atoms with Crippen LogP contribution in [-0.2, 0) is 28.5 Å². The summed E-state index contributed by atoms with van der Waals surface area (Å²) in [6.07, 6.45) is 6.52. The number of esters is 2. The first-order valence-electron chi connectivity index (χ1n) is 8.72. The molecule has 0 spiro atoms. The average Bonchev–Trinajstić information content (AvgIpc) is 2.90. The van der Waals surface area contributed by atoms with Gasteiger partial charge in [0.25, 0.3) is 0 Å². The zero-order valence-corrected chi connectivity index (χ0v) is 16.2. The van der Waals surface area contributed by atoms with Gasteiger partial charge in [0.05, 0.1) is 31.8 Å². The molecule has 7 nitrogen and oxygen atoms in total. The predicted octanol–water partition coefficient (Wildman–Crippen LogP) is 2.14. The highest BCUT2D eigenvalue weighted by Crippen LogP contribution is 2.33. The van der Waals surface area contributed by atoms with Crippen molar-refractivity contribution in [1.29, 1.82) is 0 Å². The van der Waals surface area contributed by atoms with Gasteiger partial charge in [-0.1, -0.05) is 6.08 Å². The Morgan fingerprint density at radius 3 is 2.46 bits per heavy atom. The summed E-state index contributed by atoms with van der Waals surface area (Å²) in [6.45, 7) is 9.22. The molecule has 1 N–H and O–H groups in total. The lowest BCUT2D eigenvalue weighted by Gasteiger charge is -2.24. The zero-order valence-electron chi connectivity index (χ0n) is 16.2. The fourth-order valence-corrected chi connectivity index (χ4v) is 2.07. The van der Waals surface area contributed by atoms with E-state index in [1.165, 1.54) is 12.2 Å². The molecule has 0 amide bonds. The van der Waals surface area contributed by atoms with E-state index in [2.05, 4.69) is 0 Å². The summed E-state index contributed by atoms with van der Waals surface area (Å²) in [5.74, 6) is -2.06. The van der Waals surface area contributed by atoms with Crippen molar-refractivity contribution in [2.75, 3.05) is 26.4 Å². The van der Waals surface area contributed by atoms with E-state index in [-0.39, 0.29) is 32.4 Å². The summed E-state index contributed by atoms with van der Waals surface area (Å²) in [7, 11) is 0. The highest BCUT2D eigenvalue weighted by molar-refractivity contribution is 5.82. The van der Waals surface area contributed by atoms with Crippen molar-refractivity contribution in [1.82, 2.24) is 0 Å². The van der Waals surface area contributed by atoms with Crippen LogP contribution in [0, 0.1) is 5.41 Å². The number of carbonyl (C=O) groups excluding carboxylic acids is 2. The average molecular weight is 370 g/mol. The second kappa shape index (κ2) is 9.30. The maximum atomic E-state index is 11.7. The van der Waals surface area contributed by atoms with Gasteiger partial charge in [-0.25, -0.2) is 4.79 Å². The molecule has 2 atom stereocenters. The van der Waals surface area contributed by atoms with Gasteiger partial charge < -0.3 is 24.1 Å². The Balaban J connectivity index is 2.72. The summed E-state index contributed by atoms with van der Waals surface area (Å²) in [4.78, 5) is 23.3. The van der Waals surface area contributed by atoms with Crippen molar-refractivity contribution < 1.29 is 33.6 Å². The van der Waals surface area contributed by atoms with Gasteiger partial charge in [-0.15, -0.1) is 0 Å². The largest absolute Gasteiger partial charge is 0.465 e. The molecule has 0 unspecified atom stereocenters. The molecule has 0 aromatic rings. The SMILES string of the molecule is CCOC(=O)/C=C/[C@@]1(/C=C/CCOC(=O)C(C)(C)C)OC[C@](C)(CO)O1. The molecule has 1 saturated heterocycles. The topological polar surface area (TPSA) is 91.3 Å². The Kier molecular flexibility index (Phi) is 7.99. The molecule has 26 heavy (non-hydrogen) atoms. The van der Waals surface area contributed by atoms with Crippen molar-refractivity contribution in [3.8, 4) is 0 Å². The molecule has 0 saturated carbocycles. The van der Waals surface area contributed by atoms with Gasteiger partial charge in [0.2, 0.25) is 5.79 Å². The maximum Gasteiger partial charge on any atom is 0.330 e. The first-order chi connectivity index (χ1) is 12.1. The third kappa shape index (κ3) is 6.90. The van der Waals surface area contributed by atoms with Gasteiger partial charge in [-0.3, -0.25) is 4.79 Å². The van der Waals surface area contributed by atoms with E-state index < -0.39 is 22.8 Å². The van der Waals surface area contributed by atoms with Crippen molar-refractivity contribution in [2.45, 2.75) is 52.4 Å². The Hall–Kier alpha value is -1.70. The van der Waals surface area contributed by atoms with Crippen molar-refractivity contribution in [3.63, 3.8) is 0 Å².